The van der Waals surface area contributed by atoms with Crippen molar-refractivity contribution < 1.29 is 4.92 Å². The summed E-state index contributed by atoms with van der Waals surface area (Å²) in [5, 5.41) is 10.9. The van der Waals surface area contributed by atoms with Crippen molar-refractivity contribution in [2.75, 3.05) is 0 Å². The van der Waals surface area contributed by atoms with Gasteiger partial charge < -0.3 is 9.55 Å². The van der Waals surface area contributed by atoms with Crippen molar-refractivity contribution >= 4 is 16.9 Å². The van der Waals surface area contributed by atoms with E-state index in [2.05, 4.69) is 34.0 Å². The van der Waals surface area contributed by atoms with Crippen LogP contribution in [0.15, 0.2) is 65.7 Å². The van der Waals surface area contributed by atoms with E-state index in [1.807, 2.05) is 22.8 Å². The Morgan fingerprint density at radius 2 is 1.87 bits per heavy atom. The van der Waals surface area contributed by atoms with E-state index in [4.69, 9.17) is 0 Å². The Hall–Kier alpha value is -3.81. The summed E-state index contributed by atoms with van der Waals surface area (Å²) < 4.78 is 1.92. The van der Waals surface area contributed by atoms with Gasteiger partial charge in [-0.25, -0.2) is 9.97 Å². The molecule has 2 heterocycles. The lowest BCUT2D eigenvalue weighted by Crippen LogP contribution is -2.12. The Morgan fingerprint density at radius 1 is 1.13 bits per heavy atom. The molecule has 0 saturated carbocycles. The zero-order chi connectivity index (χ0) is 21.1. The van der Waals surface area contributed by atoms with Gasteiger partial charge in [0.2, 0.25) is 0 Å². The van der Waals surface area contributed by atoms with Crippen LogP contribution in [0.4, 0.5) is 5.69 Å². The SMILES string of the molecule is CC(CCCc1ccccc1)n1cnc2c(=O)[nH]c(-c3ccc([N+](=O)[O-])cc3)nc21. The molecular weight excluding hydrogens is 382 g/mol. The number of aryl methyl sites for hydroxylation is 1. The van der Waals surface area contributed by atoms with Gasteiger partial charge in [-0.1, -0.05) is 30.3 Å². The number of nitrogens with one attached hydrogen (secondary N) is 1. The van der Waals surface area contributed by atoms with Crippen molar-refractivity contribution in [1.82, 2.24) is 19.5 Å². The molecule has 0 aliphatic heterocycles. The summed E-state index contributed by atoms with van der Waals surface area (Å²) in [7, 11) is 0. The number of hydrogen-bond acceptors (Lipinski definition) is 5. The van der Waals surface area contributed by atoms with Gasteiger partial charge in [0.15, 0.2) is 11.2 Å². The molecule has 1 unspecified atom stereocenters. The van der Waals surface area contributed by atoms with Crippen molar-refractivity contribution in [3.05, 3.63) is 87.0 Å². The van der Waals surface area contributed by atoms with Crippen molar-refractivity contribution in [2.24, 2.45) is 0 Å². The minimum absolute atomic E-state index is 0.0146. The number of nitrogens with zero attached hydrogens (tertiary/aromatic N) is 4. The fourth-order valence-electron chi connectivity index (χ4n) is 3.51. The maximum atomic E-state index is 12.5. The fraction of sp³-hybridized carbons (Fsp3) is 0.227. The van der Waals surface area contributed by atoms with Gasteiger partial charge in [0.25, 0.3) is 11.2 Å². The summed E-state index contributed by atoms with van der Waals surface area (Å²) in [6, 6.07) is 16.4. The maximum absolute atomic E-state index is 12.5. The van der Waals surface area contributed by atoms with Gasteiger partial charge in [-0.05, 0) is 43.9 Å². The molecule has 2 aromatic heterocycles. The molecule has 0 saturated heterocycles. The number of aromatic nitrogens is 4. The zero-order valence-electron chi connectivity index (χ0n) is 16.5. The minimum Gasteiger partial charge on any atom is -0.312 e. The highest BCUT2D eigenvalue weighted by atomic mass is 16.6. The summed E-state index contributed by atoms with van der Waals surface area (Å²) in [4.78, 5) is 34.5. The number of hydrogen-bond donors (Lipinski definition) is 1. The maximum Gasteiger partial charge on any atom is 0.279 e. The van der Waals surface area contributed by atoms with E-state index < -0.39 is 4.92 Å². The third-order valence-corrected chi connectivity index (χ3v) is 5.19. The second-order valence-electron chi connectivity index (χ2n) is 7.27. The van der Waals surface area contributed by atoms with Crippen molar-refractivity contribution in [2.45, 2.75) is 32.2 Å². The molecule has 4 rings (SSSR count). The van der Waals surface area contributed by atoms with Crippen LogP contribution in [0.5, 0.6) is 0 Å². The molecule has 0 spiro atoms. The lowest BCUT2D eigenvalue weighted by molar-refractivity contribution is -0.384. The topological polar surface area (TPSA) is 107 Å². The first-order valence-corrected chi connectivity index (χ1v) is 9.78. The average Bonchev–Trinajstić information content (AvgIpc) is 3.19. The number of rotatable bonds is 7. The van der Waals surface area contributed by atoms with E-state index in [1.165, 1.54) is 17.7 Å². The third kappa shape index (κ3) is 3.98. The summed E-state index contributed by atoms with van der Waals surface area (Å²) in [5.74, 6) is 0.362. The van der Waals surface area contributed by atoms with Crippen LogP contribution in [0.1, 0.15) is 31.4 Å². The predicted octanol–water partition coefficient (Wildman–Crippen LogP) is 4.28. The number of imidazole rings is 1. The van der Waals surface area contributed by atoms with E-state index in [0.717, 1.165) is 19.3 Å². The van der Waals surface area contributed by atoms with E-state index in [0.29, 0.717) is 17.0 Å². The Balaban J connectivity index is 1.58. The van der Waals surface area contributed by atoms with Crippen LogP contribution in [0.3, 0.4) is 0 Å². The van der Waals surface area contributed by atoms with Crippen LogP contribution in [0, 0.1) is 10.1 Å². The molecule has 4 aromatic rings. The van der Waals surface area contributed by atoms with E-state index in [9.17, 15) is 14.9 Å². The average molecular weight is 403 g/mol. The lowest BCUT2D eigenvalue weighted by Gasteiger charge is -2.14. The summed E-state index contributed by atoms with van der Waals surface area (Å²) in [6.45, 7) is 2.08. The van der Waals surface area contributed by atoms with E-state index >= 15 is 0 Å². The van der Waals surface area contributed by atoms with Gasteiger partial charge >= 0.3 is 0 Å². The van der Waals surface area contributed by atoms with Gasteiger partial charge in [-0.2, -0.15) is 0 Å². The lowest BCUT2D eigenvalue weighted by atomic mass is 10.1. The van der Waals surface area contributed by atoms with Gasteiger partial charge in [-0.3, -0.25) is 14.9 Å². The molecule has 1 N–H and O–H groups in total. The number of H-pyrrole nitrogens is 1. The standard InChI is InChI=1S/C22H21N5O3/c1-15(6-5-9-16-7-3-2-4-8-16)26-14-23-19-21(26)24-20(25-22(19)28)17-10-12-18(13-11-17)27(29)30/h2-4,7-8,10-15H,5-6,9H2,1H3,(H,24,25,28). The summed E-state index contributed by atoms with van der Waals surface area (Å²) in [6.07, 6.45) is 4.56. The Kier molecular flexibility index (Phi) is 5.38. The van der Waals surface area contributed by atoms with Crippen LogP contribution in [-0.2, 0) is 6.42 Å². The molecule has 2 aromatic carbocycles. The van der Waals surface area contributed by atoms with Crippen molar-refractivity contribution in [3.8, 4) is 11.4 Å². The highest BCUT2D eigenvalue weighted by molar-refractivity contribution is 5.73. The van der Waals surface area contributed by atoms with E-state index in [-0.39, 0.29) is 22.8 Å². The van der Waals surface area contributed by atoms with Crippen molar-refractivity contribution in [3.63, 3.8) is 0 Å². The second-order valence-corrected chi connectivity index (χ2v) is 7.27. The normalized spacial score (nSPS) is 12.2. The largest absolute Gasteiger partial charge is 0.312 e. The quantitative estimate of drug-likeness (QED) is 0.366. The highest BCUT2D eigenvalue weighted by Gasteiger charge is 2.15. The molecule has 1 atom stereocenters. The zero-order valence-corrected chi connectivity index (χ0v) is 16.5. The highest BCUT2D eigenvalue weighted by Crippen LogP contribution is 2.23. The molecule has 0 aliphatic rings. The minimum atomic E-state index is -0.463. The van der Waals surface area contributed by atoms with Crippen LogP contribution in [-0.4, -0.2) is 24.4 Å². The van der Waals surface area contributed by atoms with Crippen LogP contribution in [0.2, 0.25) is 0 Å². The number of non-ortho nitro benzene ring substituents is 1. The van der Waals surface area contributed by atoms with Gasteiger partial charge in [-0.15, -0.1) is 0 Å². The molecule has 0 bridgehead atoms. The monoisotopic (exact) mass is 403 g/mol. The molecule has 152 valence electrons. The fourth-order valence-corrected chi connectivity index (χ4v) is 3.51. The van der Waals surface area contributed by atoms with Crippen LogP contribution in [0.25, 0.3) is 22.6 Å². The number of nitro groups is 1. The molecule has 8 nitrogen and oxygen atoms in total. The first-order valence-electron chi connectivity index (χ1n) is 9.78. The molecule has 0 fully saturated rings. The first kappa shape index (κ1) is 19.5. The first-order chi connectivity index (χ1) is 14.5. The van der Waals surface area contributed by atoms with Crippen LogP contribution < -0.4 is 5.56 Å². The van der Waals surface area contributed by atoms with E-state index in [1.54, 1.807) is 18.5 Å². The summed E-state index contributed by atoms with van der Waals surface area (Å²) >= 11 is 0. The number of aromatic amines is 1. The van der Waals surface area contributed by atoms with Gasteiger partial charge in [0, 0.05) is 23.7 Å². The smallest absolute Gasteiger partial charge is 0.279 e. The molecule has 0 aliphatic carbocycles. The number of fused-ring (bicyclic) bond motifs is 1. The molecule has 8 heteroatoms. The Bertz CT molecular complexity index is 1230. The van der Waals surface area contributed by atoms with Crippen molar-refractivity contribution in [1.29, 1.82) is 0 Å². The summed E-state index contributed by atoms with van der Waals surface area (Å²) in [5.41, 5.74) is 2.36. The molecular formula is C22H21N5O3. The predicted molar refractivity (Wildman–Crippen MR) is 114 cm³/mol. The molecule has 0 radical (unpaired) electrons. The Morgan fingerprint density at radius 3 is 2.57 bits per heavy atom. The third-order valence-electron chi connectivity index (χ3n) is 5.19. The molecule has 30 heavy (non-hydrogen) atoms. The second kappa shape index (κ2) is 8.28. The molecule has 0 amide bonds. The van der Waals surface area contributed by atoms with Crippen LogP contribution >= 0.6 is 0 Å². The Labute approximate surface area is 172 Å². The number of benzene rings is 2. The van der Waals surface area contributed by atoms with Gasteiger partial charge in [0.1, 0.15) is 5.82 Å². The number of nitro benzene ring substituents is 1. The van der Waals surface area contributed by atoms with Gasteiger partial charge in [0.05, 0.1) is 11.3 Å².